The summed E-state index contributed by atoms with van der Waals surface area (Å²) in [5, 5.41) is 89.8. The summed E-state index contributed by atoms with van der Waals surface area (Å²) in [6.45, 7) is 26.6. The third-order valence-electron chi connectivity index (χ3n) is 12.3. The van der Waals surface area contributed by atoms with Crippen LogP contribution in [0.5, 0.6) is 0 Å². The van der Waals surface area contributed by atoms with Crippen LogP contribution in [-0.2, 0) is 56.8 Å². The number of aliphatic hydroxyl groups is 6. The van der Waals surface area contributed by atoms with E-state index in [4.69, 9.17) is 56.8 Å². The maximum Gasteiger partial charge on any atom is 0.408 e. The Bertz CT molecular complexity index is 2340. The number of hydrogen-bond acceptors (Lipinski definition) is 25. The van der Waals surface area contributed by atoms with Crippen LogP contribution in [0.15, 0.2) is 5.11 Å². The van der Waals surface area contributed by atoms with Crippen LogP contribution in [0.2, 0.25) is 0 Å². The second-order valence-electron chi connectivity index (χ2n) is 27.1. The normalized spacial score (nSPS) is 32.7. The van der Waals surface area contributed by atoms with Gasteiger partial charge in [0.1, 0.15) is 113 Å². The highest BCUT2D eigenvalue weighted by molar-refractivity contribution is 5.70. The second-order valence-corrected chi connectivity index (χ2v) is 27.1. The Kier molecular flexibility index (Phi) is 24.7. The van der Waals surface area contributed by atoms with Crippen LogP contribution < -0.4 is 31.9 Å². The van der Waals surface area contributed by atoms with Crippen LogP contribution >= 0.6 is 0 Å². The van der Waals surface area contributed by atoms with E-state index in [1.807, 2.05) is 0 Å². The number of carbonyl (C=O) groups is 6. The van der Waals surface area contributed by atoms with Crippen LogP contribution in [-0.4, -0.2) is 237 Å². The molecule has 0 radical (unpaired) electrons. The van der Waals surface area contributed by atoms with Crippen LogP contribution in [0.3, 0.4) is 0 Å². The van der Waals surface area contributed by atoms with Crippen LogP contribution in [0.4, 0.5) is 28.8 Å². The van der Waals surface area contributed by atoms with Crippen molar-refractivity contribution >= 4 is 36.6 Å². The molecule has 0 aromatic heterocycles. The molecule has 12 N–H and O–H groups in total. The van der Waals surface area contributed by atoms with Gasteiger partial charge in [0.05, 0.1) is 24.7 Å². The Morgan fingerprint density at radius 3 is 1.12 bits per heavy atom. The van der Waals surface area contributed by atoms with E-state index in [1.165, 1.54) is 0 Å². The van der Waals surface area contributed by atoms with E-state index < -0.39 is 213 Å². The standard InChI is InChI=1S/C53H93N9O24/c1-48(2,3)81-42(69)55-20-25-31(64)33(66)28(60-46(73)85-52(13,14)15)39(75-25)78-36-24(59-45(72)84-51(10,11)12)19-23(58-44(71)83-50(7,8)9)30(63)38(36)80-41-35(68)37(27(77-41)22-57-62-54)79-40-29(61-47(74)86-53(16,17)18)34(67)32(65)26(76-40)21-56-43(70)82-49(4,5)6/h23-41,63-68H,19-22H2,1-18H3,(H,55,69)(H,56,70)(H,58,71)(H,59,72)(H,60,73)(H,61,74)/t23-,24?,25?,26+,27-,28?,29-,30-,31-,32?,33?,34?,35?,36-,37?,38?,39-,40?,41+/m1/s1. The van der Waals surface area contributed by atoms with E-state index in [0.717, 1.165) is 0 Å². The minimum Gasteiger partial charge on any atom is -0.444 e. The summed E-state index contributed by atoms with van der Waals surface area (Å²) in [4.78, 5) is 82.6. The number of azide groups is 1. The van der Waals surface area contributed by atoms with Gasteiger partial charge in [-0.05, 0) is 137 Å². The van der Waals surface area contributed by atoms with Gasteiger partial charge in [-0.25, -0.2) is 28.8 Å². The molecule has 6 amide bonds. The highest BCUT2D eigenvalue weighted by Gasteiger charge is 2.57. The van der Waals surface area contributed by atoms with Crippen LogP contribution in [0.25, 0.3) is 10.4 Å². The zero-order valence-electron chi connectivity index (χ0n) is 52.2. The van der Waals surface area contributed by atoms with E-state index in [9.17, 15) is 64.9 Å². The van der Waals surface area contributed by atoms with Crippen molar-refractivity contribution in [3.05, 3.63) is 10.4 Å². The number of nitrogens with one attached hydrogen (secondary N) is 6. The average Bonchev–Trinajstić information content (AvgIpc) is 1.57. The summed E-state index contributed by atoms with van der Waals surface area (Å²) < 4.78 is 70.7. The van der Waals surface area contributed by atoms with Gasteiger partial charge >= 0.3 is 36.6 Å². The Morgan fingerprint density at radius 2 is 0.744 bits per heavy atom. The summed E-state index contributed by atoms with van der Waals surface area (Å²) >= 11 is 0. The van der Waals surface area contributed by atoms with Crippen molar-refractivity contribution in [1.29, 1.82) is 0 Å². The van der Waals surface area contributed by atoms with E-state index in [-0.39, 0.29) is 0 Å². The second kappa shape index (κ2) is 29.2. The molecule has 4 fully saturated rings. The fraction of sp³-hybridized carbons (Fsp3) is 0.887. The zero-order chi connectivity index (χ0) is 65.4. The first-order chi connectivity index (χ1) is 39.2. The van der Waals surface area contributed by atoms with Gasteiger partial charge in [0, 0.05) is 18.0 Å². The minimum absolute atomic E-state index is 0.446. The molecular weight excluding hydrogens is 1150 g/mol. The lowest BCUT2D eigenvalue weighted by Gasteiger charge is -2.49. The predicted octanol–water partition coefficient (Wildman–Crippen LogP) is 1.82. The number of carbonyl (C=O) groups excluding carboxylic acids is 6. The molecule has 0 spiro atoms. The molecule has 3 saturated heterocycles. The third-order valence-corrected chi connectivity index (χ3v) is 12.3. The molecule has 0 aromatic carbocycles. The van der Waals surface area contributed by atoms with Crippen molar-refractivity contribution in [2.24, 2.45) is 5.11 Å². The molecule has 10 unspecified atom stereocenters. The van der Waals surface area contributed by atoms with Gasteiger partial charge in [0.25, 0.3) is 0 Å². The van der Waals surface area contributed by atoms with Crippen molar-refractivity contribution in [2.75, 3.05) is 19.6 Å². The lowest BCUT2D eigenvalue weighted by atomic mass is 9.83. The number of ether oxygens (including phenoxy) is 12. The quantitative estimate of drug-likeness (QED) is 0.0454. The molecular formula is C53H93N9O24. The molecule has 0 aromatic rings. The molecule has 1 aliphatic carbocycles. The molecule has 4 aliphatic rings. The lowest BCUT2D eigenvalue weighted by molar-refractivity contribution is -0.311. The van der Waals surface area contributed by atoms with Crippen LogP contribution in [0.1, 0.15) is 131 Å². The average molecular weight is 1240 g/mol. The largest absolute Gasteiger partial charge is 0.444 e. The predicted molar refractivity (Wildman–Crippen MR) is 296 cm³/mol. The Balaban J connectivity index is 1.89. The van der Waals surface area contributed by atoms with Crippen molar-refractivity contribution in [3.8, 4) is 0 Å². The summed E-state index contributed by atoms with van der Waals surface area (Å²) in [5.74, 6) is 0. The maximum atomic E-state index is 13.9. The minimum atomic E-state index is -2.08. The number of aliphatic hydroxyl groups excluding tert-OH is 6. The highest BCUT2D eigenvalue weighted by atomic mass is 16.8. The molecule has 3 aliphatic heterocycles. The SMILES string of the molecule is CC(C)(C)OC(=O)NCC1O[C@H](O[C@@H]2C(NC(=O)OC(C)(C)C)C[C@@H](NC(=O)OC(C)(C)C)[C@@H](O)C2O[C@@H]2O[C@H](CN=[N+]=[N-])C(OC3O[C@@H](CNC(=O)OC(C)(C)C)C(O)C(O)[C@H]3NC(=O)OC(C)(C)C)C2O)C(NC(=O)OC(C)(C)C)C(O)[C@@H]1O. The number of hydrogen-bond donors (Lipinski definition) is 12. The lowest BCUT2D eigenvalue weighted by Crippen LogP contribution is -2.70. The first kappa shape index (κ1) is 72.9. The molecule has 494 valence electrons. The Hall–Kier alpha value is -5.55. The van der Waals surface area contributed by atoms with Gasteiger partial charge in [-0.1, -0.05) is 5.11 Å². The van der Waals surface area contributed by atoms with Gasteiger partial charge in [0.2, 0.25) is 0 Å². The first-order valence-electron chi connectivity index (χ1n) is 28.2. The summed E-state index contributed by atoms with van der Waals surface area (Å²) in [6, 6.07) is -6.47. The smallest absolute Gasteiger partial charge is 0.408 e. The Morgan fingerprint density at radius 1 is 0.419 bits per heavy atom. The third kappa shape index (κ3) is 23.2. The van der Waals surface area contributed by atoms with Crippen molar-refractivity contribution < 1.29 is 116 Å². The van der Waals surface area contributed by atoms with Crippen molar-refractivity contribution in [2.45, 2.75) is 281 Å². The fourth-order valence-corrected chi connectivity index (χ4v) is 9.07. The molecule has 3 heterocycles. The van der Waals surface area contributed by atoms with E-state index in [1.54, 1.807) is 125 Å². The highest BCUT2D eigenvalue weighted by Crippen LogP contribution is 2.37. The first-order valence-corrected chi connectivity index (χ1v) is 28.2. The maximum absolute atomic E-state index is 13.9. The molecule has 19 atom stereocenters. The molecule has 33 nitrogen and oxygen atoms in total. The molecule has 0 bridgehead atoms. The molecule has 33 heteroatoms. The monoisotopic (exact) mass is 1240 g/mol. The van der Waals surface area contributed by atoms with Crippen molar-refractivity contribution in [1.82, 2.24) is 31.9 Å². The van der Waals surface area contributed by atoms with Crippen molar-refractivity contribution in [3.63, 3.8) is 0 Å². The molecule has 1 saturated carbocycles. The number of amides is 6. The van der Waals surface area contributed by atoms with Gasteiger partial charge in [-0.3, -0.25) is 0 Å². The number of alkyl carbamates (subject to hydrolysis) is 6. The van der Waals surface area contributed by atoms with Gasteiger partial charge in [-0.15, -0.1) is 0 Å². The Labute approximate surface area is 499 Å². The fourth-order valence-electron chi connectivity index (χ4n) is 9.07. The van der Waals surface area contributed by atoms with E-state index in [2.05, 4.69) is 41.9 Å². The van der Waals surface area contributed by atoms with Gasteiger partial charge < -0.3 is 119 Å². The van der Waals surface area contributed by atoms with Crippen LogP contribution in [0, 0.1) is 0 Å². The van der Waals surface area contributed by atoms with E-state index >= 15 is 0 Å². The summed E-state index contributed by atoms with van der Waals surface area (Å²) in [7, 11) is 0. The summed E-state index contributed by atoms with van der Waals surface area (Å²) in [5.41, 5.74) is 3.18. The molecule has 86 heavy (non-hydrogen) atoms. The van der Waals surface area contributed by atoms with E-state index in [0.29, 0.717) is 0 Å². The number of rotatable bonds is 16. The number of nitrogens with zero attached hydrogens (tertiary/aromatic N) is 3. The van der Waals surface area contributed by atoms with Gasteiger partial charge in [0.15, 0.2) is 18.9 Å². The topological polar surface area (TPSA) is 456 Å². The zero-order valence-corrected chi connectivity index (χ0v) is 52.2. The van der Waals surface area contributed by atoms with Gasteiger partial charge in [-0.2, -0.15) is 0 Å². The summed E-state index contributed by atoms with van der Waals surface area (Å²) in [6.07, 6.45) is -34.6. The molecule has 4 rings (SSSR count).